The number of allylic oxidation sites excluding steroid dienone is 1. The number of hydrogen-bond acceptors (Lipinski definition) is 7. The molecule has 0 amide bonds. The molecule has 0 saturated heterocycles. The summed E-state index contributed by atoms with van der Waals surface area (Å²) < 4.78 is 13.5. The number of carbonyl (C=O) groups excluding carboxylic acids is 1. The van der Waals surface area contributed by atoms with E-state index in [1.807, 2.05) is 39.0 Å². The first-order valence-electron chi connectivity index (χ1n) is 8.03. The molecule has 0 unspecified atom stereocenters. The number of hydrogen-bond donors (Lipinski definition) is 1. The molecule has 1 aromatic heterocycles. The average Bonchev–Trinajstić information content (AvgIpc) is 2.99. The van der Waals surface area contributed by atoms with E-state index in [2.05, 4.69) is 36.8 Å². The predicted octanol–water partition coefficient (Wildman–Crippen LogP) is 3.07. The standard InChI is InChI=1S/C17H20BrN5O3/c1-9-13(15(24)26-17(2,3)4)14(23-16(19-9)20-21-22-23)11-8-10(18)6-7-12(11)25-5/h6-8,14H,1-5H3,(H,19,20,22)/t14-/m1/s1. The zero-order chi connectivity index (χ0) is 19.1. The van der Waals surface area contributed by atoms with E-state index in [0.29, 0.717) is 23.0 Å². The van der Waals surface area contributed by atoms with Gasteiger partial charge in [-0.3, -0.25) is 0 Å². The van der Waals surface area contributed by atoms with Gasteiger partial charge in [-0.05, 0) is 56.3 Å². The van der Waals surface area contributed by atoms with E-state index < -0.39 is 17.6 Å². The van der Waals surface area contributed by atoms with Crippen LogP contribution < -0.4 is 10.1 Å². The Morgan fingerprint density at radius 3 is 2.73 bits per heavy atom. The number of ether oxygens (including phenoxy) is 2. The molecule has 0 spiro atoms. The number of anilines is 1. The van der Waals surface area contributed by atoms with E-state index in [9.17, 15) is 4.79 Å². The van der Waals surface area contributed by atoms with E-state index >= 15 is 0 Å². The van der Waals surface area contributed by atoms with Crippen molar-refractivity contribution in [2.45, 2.75) is 39.3 Å². The predicted molar refractivity (Wildman–Crippen MR) is 98.8 cm³/mol. The first kappa shape index (κ1) is 18.4. The number of rotatable bonds is 3. The van der Waals surface area contributed by atoms with E-state index in [0.717, 1.165) is 10.0 Å². The highest BCUT2D eigenvalue weighted by molar-refractivity contribution is 9.10. The van der Waals surface area contributed by atoms with E-state index in [1.54, 1.807) is 18.7 Å². The molecule has 26 heavy (non-hydrogen) atoms. The number of methoxy groups -OCH3 is 1. The summed E-state index contributed by atoms with van der Waals surface area (Å²) in [5, 5.41) is 14.8. The van der Waals surface area contributed by atoms with Gasteiger partial charge >= 0.3 is 5.97 Å². The van der Waals surface area contributed by atoms with Gasteiger partial charge in [-0.2, -0.15) is 4.68 Å². The Hall–Kier alpha value is -2.42. The summed E-state index contributed by atoms with van der Waals surface area (Å²) in [6.45, 7) is 7.28. The number of carbonyl (C=O) groups is 1. The van der Waals surface area contributed by atoms with Crippen molar-refractivity contribution in [1.29, 1.82) is 0 Å². The van der Waals surface area contributed by atoms with Crippen molar-refractivity contribution in [3.8, 4) is 5.75 Å². The van der Waals surface area contributed by atoms with Crippen LogP contribution in [0, 0.1) is 0 Å². The molecule has 2 heterocycles. The minimum absolute atomic E-state index is 0.427. The van der Waals surface area contributed by atoms with Crippen molar-refractivity contribution in [1.82, 2.24) is 20.2 Å². The molecule has 0 radical (unpaired) electrons. The van der Waals surface area contributed by atoms with Crippen LogP contribution in [0.15, 0.2) is 33.9 Å². The topological polar surface area (TPSA) is 91.2 Å². The molecule has 9 heteroatoms. The number of halogens is 1. The van der Waals surface area contributed by atoms with E-state index in [-0.39, 0.29) is 0 Å². The largest absolute Gasteiger partial charge is 0.496 e. The molecule has 1 aromatic carbocycles. The zero-order valence-electron chi connectivity index (χ0n) is 15.2. The summed E-state index contributed by atoms with van der Waals surface area (Å²) >= 11 is 3.48. The van der Waals surface area contributed by atoms with Gasteiger partial charge in [0.2, 0.25) is 5.95 Å². The van der Waals surface area contributed by atoms with Gasteiger partial charge in [0.1, 0.15) is 17.4 Å². The molecule has 0 bridgehead atoms. The van der Waals surface area contributed by atoms with Gasteiger partial charge in [-0.1, -0.05) is 21.0 Å². The number of tetrazole rings is 1. The Balaban J connectivity index is 2.19. The van der Waals surface area contributed by atoms with Crippen LogP contribution in [0.25, 0.3) is 0 Å². The molecule has 0 saturated carbocycles. The van der Waals surface area contributed by atoms with Crippen molar-refractivity contribution in [3.05, 3.63) is 39.5 Å². The molecule has 0 fully saturated rings. The molecule has 1 atom stereocenters. The van der Waals surface area contributed by atoms with Crippen LogP contribution in [0.5, 0.6) is 5.75 Å². The third-order valence-electron chi connectivity index (χ3n) is 3.82. The summed E-state index contributed by atoms with van der Waals surface area (Å²) in [7, 11) is 1.58. The summed E-state index contributed by atoms with van der Waals surface area (Å²) in [6, 6.07) is 5.00. The molecule has 3 rings (SSSR count). The van der Waals surface area contributed by atoms with Crippen LogP contribution >= 0.6 is 15.9 Å². The summed E-state index contributed by atoms with van der Waals surface area (Å²) in [6.07, 6.45) is 0. The van der Waals surface area contributed by atoms with Crippen molar-refractivity contribution in [3.63, 3.8) is 0 Å². The van der Waals surface area contributed by atoms with Crippen LogP contribution in [-0.4, -0.2) is 38.9 Å². The highest BCUT2D eigenvalue weighted by Gasteiger charge is 2.37. The lowest BCUT2D eigenvalue weighted by Crippen LogP contribution is -2.33. The van der Waals surface area contributed by atoms with Crippen LogP contribution in [-0.2, 0) is 9.53 Å². The number of nitrogens with zero attached hydrogens (tertiary/aromatic N) is 4. The van der Waals surface area contributed by atoms with E-state index in [1.165, 1.54) is 0 Å². The Labute approximate surface area is 159 Å². The Kier molecular flexibility index (Phi) is 4.74. The third kappa shape index (κ3) is 3.44. The average molecular weight is 422 g/mol. The van der Waals surface area contributed by atoms with Crippen LogP contribution in [0.3, 0.4) is 0 Å². The molecule has 1 aliphatic heterocycles. The fourth-order valence-corrected chi connectivity index (χ4v) is 3.19. The van der Waals surface area contributed by atoms with Crippen LogP contribution in [0.1, 0.15) is 39.3 Å². The fraction of sp³-hybridized carbons (Fsp3) is 0.412. The number of nitrogens with one attached hydrogen (secondary N) is 1. The van der Waals surface area contributed by atoms with Crippen molar-refractivity contribution in [2.75, 3.05) is 12.4 Å². The molecule has 2 aromatic rings. The fourth-order valence-electron chi connectivity index (χ4n) is 2.82. The van der Waals surface area contributed by atoms with Gasteiger partial charge in [0.15, 0.2) is 0 Å². The number of fused-ring (bicyclic) bond motifs is 1. The number of aromatic nitrogens is 4. The Morgan fingerprint density at radius 1 is 1.35 bits per heavy atom. The highest BCUT2D eigenvalue weighted by atomic mass is 79.9. The lowest BCUT2D eigenvalue weighted by Gasteiger charge is -2.30. The van der Waals surface area contributed by atoms with Gasteiger partial charge in [0.05, 0.1) is 12.7 Å². The summed E-state index contributed by atoms with van der Waals surface area (Å²) in [5.74, 6) is 0.632. The molecule has 1 N–H and O–H groups in total. The minimum Gasteiger partial charge on any atom is -0.496 e. The summed E-state index contributed by atoms with van der Waals surface area (Å²) in [5.41, 5.74) is 1.18. The maximum atomic E-state index is 13.0. The second kappa shape index (κ2) is 6.71. The Morgan fingerprint density at radius 2 is 2.08 bits per heavy atom. The van der Waals surface area contributed by atoms with Gasteiger partial charge in [0.25, 0.3) is 0 Å². The second-order valence-electron chi connectivity index (χ2n) is 6.90. The lowest BCUT2D eigenvalue weighted by molar-refractivity contribution is -0.150. The maximum absolute atomic E-state index is 13.0. The quantitative estimate of drug-likeness (QED) is 0.761. The zero-order valence-corrected chi connectivity index (χ0v) is 16.8. The SMILES string of the molecule is COc1ccc(Br)cc1[C@@H]1C(C(=O)OC(C)(C)C)=C(C)Nc2nnnn21. The number of esters is 1. The van der Waals surface area contributed by atoms with Gasteiger partial charge in [-0.15, -0.1) is 0 Å². The van der Waals surface area contributed by atoms with E-state index in [4.69, 9.17) is 9.47 Å². The first-order valence-corrected chi connectivity index (χ1v) is 8.83. The molecular weight excluding hydrogens is 402 g/mol. The highest BCUT2D eigenvalue weighted by Crippen LogP contribution is 2.40. The Bertz CT molecular complexity index is 885. The van der Waals surface area contributed by atoms with Gasteiger partial charge in [-0.25, -0.2) is 4.79 Å². The third-order valence-corrected chi connectivity index (χ3v) is 4.31. The summed E-state index contributed by atoms with van der Waals surface area (Å²) in [4.78, 5) is 13.0. The van der Waals surface area contributed by atoms with Crippen molar-refractivity contribution in [2.24, 2.45) is 0 Å². The minimum atomic E-state index is -0.628. The normalized spacial score (nSPS) is 16.8. The lowest BCUT2D eigenvalue weighted by atomic mass is 9.95. The molecule has 138 valence electrons. The van der Waals surface area contributed by atoms with Gasteiger partial charge < -0.3 is 14.8 Å². The molecular formula is C17H20BrN5O3. The first-order chi connectivity index (χ1) is 12.2. The van der Waals surface area contributed by atoms with Crippen molar-refractivity contribution < 1.29 is 14.3 Å². The maximum Gasteiger partial charge on any atom is 0.338 e. The molecule has 0 aliphatic carbocycles. The molecule has 8 nitrogen and oxygen atoms in total. The van der Waals surface area contributed by atoms with Crippen molar-refractivity contribution >= 4 is 27.8 Å². The molecule has 1 aliphatic rings. The van der Waals surface area contributed by atoms with Crippen LogP contribution in [0.2, 0.25) is 0 Å². The monoisotopic (exact) mass is 421 g/mol. The van der Waals surface area contributed by atoms with Gasteiger partial charge in [0, 0.05) is 15.7 Å². The smallest absolute Gasteiger partial charge is 0.338 e. The second-order valence-corrected chi connectivity index (χ2v) is 7.82. The van der Waals surface area contributed by atoms with Crippen LogP contribution in [0.4, 0.5) is 5.95 Å². The number of benzene rings is 1.